The summed E-state index contributed by atoms with van der Waals surface area (Å²) in [4.78, 5) is 32.7. The smallest absolute Gasteiger partial charge is 0.338 e. The third-order valence-corrected chi connectivity index (χ3v) is 7.68. The Morgan fingerprint density at radius 1 is 1.05 bits per heavy atom. The normalized spacial score (nSPS) is 15.2. The molecule has 0 radical (unpaired) electrons. The lowest BCUT2D eigenvalue weighted by molar-refractivity contribution is -0.138. The van der Waals surface area contributed by atoms with Crippen molar-refractivity contribution < 1.29 is 14.3 Å². The Morgan fingerprint density at radius 3 is 2.41 bits per heavy atom. The molecule has 8 heteroatoms. The van der Waals surface area contributed by atoms with E-state index in [-0.39, 0.29) is 12.2 Å². The average molecular weight is 622 g/mol. The molecule has 0 fully saturated rings. The van der Waals surface area contributed by atoms with Gasteiger partial charge in [0.25, 0.3) is 5.56 Å². The fourth-order valence-electron chi connectivity index (χ4n) is 4.25. The highest BCUT2D eigenvalue weighted by molar-refractivity contribution is 14.1. The summed E-state index contributed by atoms with van der Waals surface area (Å²) >= 11 is 3.56. The van der Waals surface area contributed by atoms with Crippen LogP contribution in [0.15, 0.2) is 94.2 Å². The van der Waals surface area contributed by atoms with Gasteiger partial charge in [-0.05, 0) is 71.0 Å². The molecular weight excluding hydrogens is 599 g/mol. The predicted octanol–water partition coefficient (Wildman–Crippen LogP) is 4.55. The topological polar surface area (TPSA) is 69.9 Å². The number of benzene rings is 3. The van der Waals surface area contributed by atoms with Gasteiger partial charge in [0.1, 0.15) is 5.75 Å². The maximum Gasteiger partial charge on any atom is 0.338 e. The number of carbonyl (C=O) groups is 1. The molecule has 0 N–H and O–H groups in total. The molecule has 0 unspecified atom stereocenters. The van der Waals surface area contributed by atoms with E-state index in [1.165, 1.54) is 11.3 Å². The summed E-state index contributed by atoms with van der Waals surface area (Å²) in [6, 6.07) is 24.1. The zero-order valence-electron chi connectivity index (χ0n) is 20.2. The Morgan fingerprint density at radius 2 is 1.76 bits per heavy atom. The number of halogens is 1. The van der Waals surface area contributed by atoms with Crippen LogP contribution < -0.4 is 19.6 Å². The van der Waals surface area contributed by atoms with Crippen molar-refractivity contribution in [3.63, 3.8) is 0 Å². The predicted molar refractivity (Wildman–Crippen MR) is 153 cm³/mol. The minimum absolute atomic E-state index is 0.205. The molecule has 0 saturated heterocycles. The van der Waals surface area contributed by atoms with Gasteiger partial charge in [-0.2, -0.15) is 0 Å². The molecule has 0 spiro atoms. The number of esters is 1. The highest BCUT2D eigenvalue weighted by Crippen LogP contribution is 2.35. The van der Waals surface area contributed by atoms with E-state index in [9.17, 15) is 9.59 Å². The van der Waals surface area contributed by atoms with Crippen LogP contribution in [0, 0.1) is 3.57 Å². The molecule has 1 aliphatic rings. The fourth-order valence-corrected chi connectivity index (χ4v) is 5.61. The summed E-state index contributed by atoms with van der Waals surface area (Å²) in [6.45, 7) is 1.97. The van der Waals surface area contributed by atoms with E-state index in [2.05, 4.69) is 22.6 Å². The first-order valence-electron chi connectivity index (χ1n) is 11.7. The second-order valence-corrected chi connectivity index (χ2v) is 10.5. The average Bonchev–Trinajstić information content (AvgIpc) is 3.24. The quantitative estimate of drug-likeness (QED) is 0.234. The second-order valence-electron chi connectivity index (χ2n) is 8.26. The van der Waals surface area contributed by atoms with Gasteiger partial charge in [-0.15, -0.1) is 0 Å². The lowest BCUT2D eigenvalue weighted by atomic mass is 9.93. The number of aromatic nitrogens is 1. The Labute approximate surface area is 231 Å². The lowest BCUT2D eigenvalue weighted by Crippen LogP contribution is -2.40. The number of rotatable bonds is 6. The minimum Gasteiger partial charge on any atom is -0.497 e. The third-order valence-electron chi connectivity index (χ3n) is 5.97. The van der Waals surface area contributed by atoms with Crippen LogP contribution in [0.25, 0.3) is 11.8 Å². The van der Waals surface area contributed by atoms with E-state index < -0.39 is 12.0 Å². The maximum absolute atomic E-state index is 13.8. The molecular formula is C29H23IN2O4S. The lowest BCUT2D eigenvalue weighted by Gasteiger charge is -2.26. The van der Waals surface area contributed by atoms with Crippen LogP contribution in [-0.2, 0) is 9.53 Å². The van der Waals surface area contributed by atoms with Crippen molar-refractivity contribution in [3.8, 4) is 5.75 Å². The molecule has 0 aliphatic carbocycles. The zero-order valence-corrected chi connectivity index (χ0v) is 23.2. The summed E-state index contributed by atoms with van der Waals surface area (Å²) in [7, 11) is 1.60. The standard InChI is InChI=1S/C29H23IN2O4S/c1-3-36-28(34)24-25(19-7-5-4-6-8-19)31-29-32(26(24)20-11-15-22(35-2)16-12-20)27(33)23(37-29)17-18-9-13-21(30)14-10-18/h4-17,26H,3H2,1-2H3/b23-17-/t26-/m1/s1. The highest BCUT2D eigenvalue weighted by Gasteiger charge is 2.35. The Kier molecular flexibility index (Phi) is 7.38. The molecule has 0 saturated carbocycles. The van der Waals surface area contributed by atoms with Crippen LogP contribution in [0.4, 0.5) is 0 Å². The van der Waals surface area contributed by atoms with Gasteiger partial charge >= 0.3 is 5.97 Å². The van der Waals surface area contributed by atoms with Crippen molar-refractivity contribution in [2.24, 2.45) is 4.99 Å². The summed E-state index contributed by atoms with van der Waals surface area (Å²) < 4.78 is 14.1. The highest BCUT2D eigenvalue weighted by atomic mass is 127. The fraction of sp³-hybridized carbons (Fsp3) is 0.138. The van der Waals surface area contributed by atoms with Gasteiger partial charge in [-0.3, -0.25) is 9.36 Å². The molecule has 2 heterocycles. The maximum atomic E-state index is 13.8. The monoisotopic (exact) mass is 622 g/mol. The van der Waals surface area contributed by atoms with Crippen molar-refractivity contribution in [1.82, 2.24) is 4.57 Å². The second kappa shape index (κ2) is 10.9. The number of fused-ring (bicyclic) bond motifs is 1. The molecule has 1 aliphatic heterocycles. The van der Waals surface area contributed by atoms with E-state index in [4.69, 9.17) is 14.5 Å². The van der Waals surface area contributed by atoms with Crippen LogP contribution >= 0.6 is 33.9 Å². The molecule has 4 aromatic rings. The minimum atomic E-state index is -0.713. The van der Waals surface area contributed by atoms with Gasteiger partial charge in [0.05, 0.1) is 35.6 Å². The molecule has 1 aromatic heterocycles. The first-order chi connectivity index (χ1) is 18.0. The van der Waals surface area contributed by atoms with Gasteiger partial charge in [0.15, 0.2) is 4.80 Å². The number of thiazole rings is 1. The molecule has 186 valence electrons. The molecule has 0 amide bonds. The first-order valence-corrected chi connectivity index (χ1v) is 13.6. The summed E-state index contributed by atoms with van der Waals surface area (Å²) in [5, 5.41) is 0. The largest absolute Gasteiger partial charge is 0.497 e. The molecule has 1 atom stereocenters. The van der Waals surface area contributed by atoms with Gasteiger partial charge in [-0.25, -0.2) is 9.79 Å². The Hall–Kier alpha value is -3.50. The van der Waals surface area contributed by atoms with Crippen LogP contribution in [-0.4, -0.2) is 24.3 Å². The molecule has 6 nitrogen and oxygen atoms in total. The van der Waals surface area contributed by atoms with Crippen LogP contribution in [0.2, 0.25) is 0 Å². The van der Waals surface area contributed by atoms with E-state index in [1.54, 1.807) is 18.6 Å². The molecule has 5 rings (SSSR count). The van der Waals surface area contributed by atoms with Crippen LogP contribution in [0.1, 0.15) is 29.7 Å². The number of hydrogen-bond acceptors (Lipinski definition) is 6. The van der Waals surface area contributed by atoms with Crippen LogP contribution in [0.5, 0.6) is 5.75 Å². The number of hydrogen-bond donors (Lipinski definition) is 0. The van der Waals surface area contributed by atoms with Gasteiger partial charge < -0.3 is 9.47 Å². The third kappa shape index (κ3) is 5.03. The summed E-state index contributed by atoms with van der Waals surface area (Å²) in [5.41, 5.74) is 3.07. The van der Waals surface area contributed by atoms with E-state index >= 15 is 0 Å². The van der Waals surface area contributed by atoms with Crippen molar-refractivity contribution in [1.29, 1.82) is 0 Å². The van der Waals surface area contributed by atoms with Gasteiger partial charge in [-0.1, -0.05) is 65.9 Å². The van der Waals surface area contributed by atoms with Crippen molar-refractivity contribution >= 4 is 51.7 Å². The van der Waals surface area contributed by atoms with Crippen LogP contribution in [0.3, 0.4) is 0 Å². The van der Waals surface area contributed by atoms with Gasteiger partial charge in [0, 0.05) is 9.13 Å². The van der Waals surface area contributed by atoms with Gasteiger partial charge in [0.2, 0.25) is 0 Å². The van der Waals surface area contributed by atoms with E-state index in [1.807, 2.05) is 84.9 Å². The van der Waals surface area contributed by atoms with Crippen molar-refractivity contribution in [3.05, 3.63) is 124 Å². The summed E-state index contributed by atoms with van der Waals surface area (Å²) in [5.74, 6) is 0.178. The summed E-state index contributed by atoms with van der Waals surface area (Å²) in [6.07, 6.45) is 1.86. The number of nitrogens with zero attached hydrogens (tertiary/aromatic N) is 2. The SMILES string of the molecule is CCOC(=O)C1=C(c2ccccc2)N=c2s/c(=C\c3ccc(I)cc3)c(=O)n2[C@@H]1c1ccc(OC)cc1. The Balaban J connectivity index is 1.81. The number of methoxy groups -OCH3 is 1. The number of ether oxygens (including phenoxy) is 2. The first kappa shape index (κ1) is 25.2. The number of carbonyl (C=O) groups excluding carboxylic acids is 1. The van der Waals surface area contributed by atoms with Crippen molar-refractivity contribution in [2.75, 3.05) is 13.7 Å². The molecule has 37 heavy (non-hydrogen) atoms. The van der Waals surface area contributed by atoms with E-state index in [0.29, 0.717) is 26.4 Å². The van der Waals surface area contributed by atoms with Crippen molar-refractivity contribution in [2.45, 2.75) is 13.0 Å². The Bertz CT molecular complexity index is 1650. The van der Waals surface area contributed by atoms with E-state index in [0.717, 1.165) is 20.3 Å². The zero-order chi connectivity index (χ0) is 25.9. The molecule has 0 bridgehead atoms. The molecule has 3 aromatic carbocycles.